The summed E-state index contributed by atoms with van der Waals surface area (Å²) in [6.07, 6.45) is 1.94. The van der Waals surface area contributed by atoms with Crippen LogP contribution in [0.25, 0.3) is 0 Å². The van der Waals surface area contributed by atoms with Gasteiger partial charge in [-0.3, -0.25) is 0 Å². The lowest BCUT2D eigenvalue weighted by molar-refractivity contribution is -0.143. The standard InChI is InChI=1S/C14H22N2O4/c1-5-8-11(15-10(7-3)19-8)13-16-12(14(17)18-4)9(6-2)20-13/h8-9,11-12H,5-7H2,1-4H3. The third kappa shape index (κ3) is 2.64. The van der Waals surface area contributed by atoms with Gasteiger partial charge in [0.1, 0.15) is 12.2 Å². The van der Waals surface area contributed by atoms with Crippen LogP contribution in [0.3, 0.4) is 0 Å². The number of hydrogen-bond donors (Lipinski definition) is 0. The summed E-state index contributed by atoms with van der Waals surface area (Å²) in [6.45, 7) is 6.00. The van der Waals surface area contributed by atoms with Crippen LogP contribution in [0.15, 0.2) is 9.98 Å². The molecule has 2 aliphatic rings. The van der Waals surface area contributed by atoms with Gasteiger partial charge in [0, 0.05) is 6.42 Å². The molecule has 112 valence electrons. The van der Waals surface area contributed by atoms with E-state index in [4.69, 9.17) is 14.2 Å². The molecule has 20 heavy (non-hydrogen) atoms. The number of nitrogens with zero attached hydrogens (tertiary/aromatic N) is 2. The Morgan fingerprint density at radius 2 is 1.85 bits per heavy atom. The number of rotatable bonds is 5. The molecule has 0 saturated heterocycles. The van der Waals surface area contributed by atoms with E-state index >= 15 is 0 Å². The van der Waals surface area contributed by atoms with Gasteiger partial charge in [-0.25, -0.2) is 14.8 Å². The van der Waals surface area contributed by atoms with Crippen LogP contribution in [0.2, 0.25) is 0 Å². The highest BCUT2D eigenvalue weighted by atomic mass is 16.5. The molecule has 0 radical (unpaired) electrons. The van der Waals surface area contributed by atoms with Crippen molar-refractivity contribution >= 4 is 17.8 Å². The lowest BCUT2D eigenvalue weighted by atomic mass is 10.1. The molecule has 2 aliphatic heterocycles. The van der Waals surface area contributed by atoms with Gasteiger partial charge >= 0.3 is 5.97 Å². The highest BCUT2D eigenvalue weighted by molar-refractivity contribution is 5.93. The third-order valence-corrected chi connectivity index (χ3v) is 3.62. The van der Waals surface area contributed by atoms with Crippen molar-refractivity contribution in [3.8, 4) is 0 Å². The molecule has 6 nitrogen and oxygen atoms in total. The quantitative estimate of drug-likeness (QED) is 0.720. The Balaban J connectivity index is 2.19. The Morgan fingerprint density at radius 1 is 1.15 bits per heavy atom. The number of carbonyl (C=O) groups excluding carboxylic acids is 1. The fourth-order valence-electron chi connectivity index (χ4n) is 2.45. The number of hydrogen-bond acceptors (Lipinski definition) is 6. The fourth-order valence-corrected chi connectivity index (χ4v) is 2.45. The van der Waals surface area contributed by atoms with E-state index in [0.29, 0.717) is 12.3 Å². The van der Waals surface area contributed by atoms with Gasteiger partial charge in [-0.2, -0.15) is 0 Å². The normalized spacial score (nSPS) is 32.2. The molecule has 4 unspecified atom stereocenters. The number of esters is 1. The summed E-state index contributed by atoms with van der Waals surface area (Å²) in [6, 6.07) is -0.822. The van der Waals surface area contributed by atoms with Crippen LogP contribution in [0.1, 0.15) is 40.0 Å². The smallest absolute Gasteiger partial charge is 0.334 e. The van der Waals surface area contributed by atoms with Crippen LogP contribution in [0.5, 0.6) is 0 Å². The van der Waals surface area contributed by atoms with Gasteiger partial charge in [-0.15, -0.1) is 0 Å². The van der Waals surface area contributed by atoms with Crippen molar-refractivity contribution in [2.75, 3.05) is 7.11 Å². The second kappa shape index (κ2) is 6.24. The molecule has 0 fully saturated rings. The third-order valence-electron chi connectivity index (χ3n) is 3.62. The van der Waals surface area contributed by atoms with Crippen molar-refractivity contribution in [2.24, 2.45) is 9.98 Å². The molecule has 2 rings (SSSR count). The molecular formula is C14H22N2O4. The number of aliphatic imine (C=N–C) groups is 2. The van der Waals surface area contributed by atoms with Gasteiger partial charge in [0.05, 0.1) is 7.11 Å². The van der Waals surface area contributed by atoms with E-state index in [-0.39, 0.29) is 24.2 Å². The van der Waals surface area contributed by atoms with Crippen molar-refractivity contribution in [3.63, 3.8) is 0 Å². The minimum atomic E-state index is -0.585. The van der Waals surface area contributed by atoms with E-state index in [1.54, 1.807) is 0 Å². The largest absolute Gasteiger partial charge is 0.475 e. The Bertz CT molecular complexity index is 433. The van der Waals surface area contributed by atoms with E-state index in [0.717, 1.165) is 18.7 Å². The number of ether oxygens (including phenoxy) is 3. The average molecular weight is 282 g/mol. The van der Waals surface area contributed by atoms with E-state index in [1.165, 1.54) is 7.11 Å². The summed E-state index contributed by atoms with van der Waals surface area (Å²) in [4.78, 5) is 20.6. The summed E-state index contributed by atoms with van der Waals surface area (Å²) in [5.41, 5.74) is 0. The summed E-state index contributed by atoms with van der Waals surface area (Å²) < 4.78 is 16.3. The summed E-state index contributed by atoms with van der Waals surface area (Å²) in [7, 11) is 1.36. The fraction of sp³-hybridized carbons (Fsp3) is 0.786. The highest BCUT2D eigenvalue weighted by Crippen LogP contribution is 2.26. The van der Waals surface area contributed by atoms with Crippen molar-refractivity contribution in [1.29, 1.82) is 0 Å². The number of methoxy groups -OCH3 is 1. The molecule has 0 aromatic rings. The Kier molecular flexibility index (Phi) is 4.62. The molecule has 0 spiro atoms. The van der Waals surface area contributed by atoms with Gasteiger partial charge < -0.3 is 14.2 Å². The minimum absolute atomic E-state index is 0.0578. The predicted molar refractivity (Wildman–Crippen MR) is 75.1 cm³/mol. The zero-order valence-electron chi connectivity index (χ0n) is 12.5. The maximum absolute atomic E-state index is 11.7. The molecule has 2 heterocycles. The van der Waals surface area contributed by atoms with Gasteiger partial charge in [0.15, 0.2) is 18.0 Å². The second-order valence-corrected chi connectivity index (χ2v) is 4.89. The summed E-state index contributed by atoms with van der Waals surface area (Å²) in [5, 5.41) is 0. The Morgan fingerprint density at radius 3 is 2.40 bits per heavy atom. The van der Waals surface area contributed by atoms with Crippen LogP contribution >= 0.6 is 0 Å². The summed E-state index contributed by atoms with van der Waals surface area (Å²) >= 11 is 0. The Hall–Kier alpha value is -1.59. The zero-order chi connectivity index (χ0) is 14.7. The predicted octanol–water partition coefficient (Wildman–Crippen LogP) is 1.72. The van der Waals surface area contributed by atoms with Gasteiger partial charge in [-0.05, 0) is 12.8 Å². The van der Waals surface area contributed by atoms with Crippen LogP contribution in [-0.4, -0.2) is 49.2 Å². The minimum Gasteiger partial charge on any atom is -0.475 e. The first kappa shape index (κ1) is 14.8. The molecule has 4 atom stereocenters. The molecule has 0 N–H and O–H groups in total. The average Bonchev–Trinajstić information content (AvgIpc) is 3.09. The van der Waals surface area contributed by atoms with Gasteiger partial charge in [0.25, 0.3) is 0 Å². The maximum atomic E-state index is 11.7. The molecule has 0 aromatic carbocycles. The van der Waals surface area contributed by atoms with Gasteiger partial charge in [-0.1, -0.05) is 20.8 Å². The second-order valence-electron chi connectivity index (χ2n) is 4.89. The number of carbonyl (C=O) groups is 1. The molecule has 0 aliphatic carbocycles. The van der Waals surface area contributed by atoms with Crippen LogP contribution < -0.4 is 0 Å². The SMILES string of the molecule is CCC1=NC(C2=NC(C(=O)OC)C(CC)O2)C(CC)O1. The maximum Gasteiger partial charge on any atom is 0.334 e. The van der Waals surface area contributed by atoms with E-state index < -0.39 is 6.04 Å². The van der Waals surface area contributed by atoms with Crippen LogP contribution in [0.4, 0.5) is 0 Å². The lowest BCUT2D eigenvalue weighted by Gasteiger charge is -2.17. The van der Waals surface area contributed by atoms with Crippen molar-refractivity contribution in [2.45, 2.75) is 64.3 Å². The monoisotopic (exact) mass is 282 g/mol. The van der Waals surface area contributed by atoms with Gasteiger partial charge in [0.2, 0.25) is 5.90 Å². The molecule has 0 bridgehead atoms. The molecule has 0 amide bonds. The lowest BCUT2D eigenvalue weighted by Crippen LogP contribution is -2.32. The first-order valence-electron chi connectivity index (χ1n) is 7.20. The van der Waals surface area contributed by atoms with Crippen LogP contribution in [0, 0.1) is 0 Å². The van der Waals surface area contributed by atoms with Crippen molar-refractivity contribution in [1.82, 2.24) is 0 Å². The molecule has 0 aromatic heterocycles. The van der Waals surface area contributed by atoms with E-state index in [2.05, 4.69) is 9.98 Å². The first-order chi connectivity index (χ1) is 9.64. The van der Waals surface area contributed by atoms with Crippen molar-refractivity contribution < 1.29 is 19.0 Å². The van der Waals surface area contributed by atoms with E-state index in [1.807, 2.05) is 20.8 Å². The highest BCUT2D eigenvalue weighted by Gasteiger charge is 2.43. The van der Waals surface area contributed by atoms with Crippen LogP contribution in [-0.2, 0) is 19.0 Å². The topological polar surface area (TPSA) is 69.5 Å². The molecule has 0 saturated carbocycles. The summed E-state index contributed by atoms with van der Waals surface area (Å²) in [5.74, 6) is 0.865. The molecule has 6 heteroatoms. The zero-order valence-corrected chi connectivity index (χ0v) is 12.5. The Labute approximate surface area is 119 Å². The van der Waals surface area contributed by atoms with E-state index in [9.17, 15) is 4.79 Å². The van der Waals surface area contributed by atoms with Crippen molar-refractivity contribution in [3.05, 3.63) is 0 Å². The first-order valence-corrected chi connectivity index (χ1v) is 7.20. The molecular weight excluding hydrogens is 260 g/mol.